The zero-order chi connectivity index (χ0) is 86.0. The predicted octanol–water partition coefficient (Wildman–Crippen LogP) is 13.2. The van der Waals surface area contributed by atoms with Crippen LogP contribution >= 0.6 is 0 Å². The fourth-order valence-corrected chi connectivity index (χ4v) is 15.7. The zero-order valence-corrected chi connectivity index (χ0v) is 65.3. The van der Waals surface area contributed by atoms with Crippen molar-refractivity contribution in [2.24, 2.45) is 0 Å². The van der Waals surface area contributed by atoms with E-state index in [1.807, 2.05) is 17.0 Å². The summed E-state index contributed by atoms with van der Waals surface area (Å²) in [7, 11) is 0. The number of piperidine rings is 1. The number of pyridine rings is 5. The molecule has 32 heteroatoms. The van der Waals surface area contributed by atoms with E-state index in [4.69, 9.17) is 18.9 Å². The van der Waals surface area contributed by atoms with Crippen LogP contribution in [0.3, 0.4) is 0 Å². The molecule has 6 aliphatic rings. The summed E-state index contributed by atoms with van der Waals surface area (Å²) in [6, 6.07) is 41.0. The van der Waals surface area contributed by atoms with E-state index in [2.05, 4.69) is 29.8 Å². The highest BCUT2D eigenvalue weighted by Crippen LogP contribution is 2.50. The highest BCUT2D eigenvalue weighted by atomic mass is 19.1. The third-order valence-electron chi connectivity index (χ3n) is 21.4. The minimum Gasteiger partial charge on any atom is -0.505 e. The Hall–Kier alpha value is -15.3. The van der Waals surface area contributed by atoms with Crippen molar-refractivity contribution in [3.63, 3.8) is 0 Å². The number of ether oxygens (including phenoxy) is 4. The fourth-order valence-electron chi connectivity index (χ4n) is 15.7. The van der Waals surface area contributed by atoms with Crippen LogP contribution < -0.4 is 19.3 Å². The number of aromatic nitrogens is 5. The van der Waals surface area contributed by atoms with E-state index in [1.54, 1.807) is 86.0 Å². The molecule has 0 unspecified atom stereocenters. The molecule has 6 aliphatic heterocycles. The Morgan fingerprint density at radius 2 is 0.683 bits per heavy atom. The second-order valence-electron chi connectivity index (χ2n) is 29.0. The van der Waals surface area contributed by atoms with E-state index in [-0.39, 0.29) is 140 Å². The van der Waals surface area contributed by atoms with E-state index in [0.717, 1.165) is 52.0 Å². The van der Waals surface area contributed by atoms with Gasteiger partial charge in [0.25, 0.3) is 47.3 Å². The molecule has 19 rings (SSSR count). The van der Waals surface area contributed by atoms with Gasteiger partial charge in [-0.15, -0.1) is 0 Å². The molecule has 0 aliphatic carbocycles. The van der Waals surface area contributed by atoms with Gasteiger partial charge in [0, 0.05) is 78.7 Å². The number of esters is 1. The summed E-state index contributed by atoms with van der Waals surface area (Å²) in [5.41, 5.74) is 4.86. The summed E-state index contributed by atoms with van der Waals surface area (Å²) in [6.45, 7) is 4.82. The van der Waals surface area contributed by atoms with Crippen LogP contribution in [0.25, 0.3) is 43.6 Å². The van der Waals surface area contributed by atoms with E-state index >= 15 is 0 Å². The normalized spacial score (nSPS) is 14.6. The molecule has 4 N–H and O–H groups in total. The molecule has 28 nitrogen and oxygen atoms in total. The molecule has 2 fully saturated rings. The van der Waals surface area contributed by atoms with Crippen molar-refractivity contribution in [2.75, 3.05) is 62.4 Å². The molecule has 0 spiro atoms. The van der Waals surface area contributed by atoms with E-state index < -0.39 is 83.0 Å². The summed E-state index contributed by atoms with van der Waals surface area (Å²) in [4.78, 5) is 147. The van der Waals surface area contributed by atoms with Crippen molar-refractivity contribution < 1.29 is 100 Å². The van der Waals surface area contributed by atoms with Crippen LogP contribution in [0.15, 0.2) is 195 Å². The third-order valence-corrected chi connectivity index (χ3v) is 21.4. The summed E-state index contributed by atoms with van der Waals surface area (Å²) in [5.74, 6) is -8.34. The molecule has 8 aromatic carbocycles. The number of fused-ring (bicyclic) bond motifs is 8. The Kier molecular flexibility index (Phi) is 22.9. The second kappa shape index (κ2) is 34.5. The number of carbonyl (C=O) groups excluding carboxylic acids is 9. The number of nitrogens with zero attached hydrogens (tertiary/aromatic N) is 11. The van der Waals surface area contributed by atoms with Gasteiger partial charge in [-0.1, -0.05) is 54.6 Å². The van der Waals surface area contributed by atoms with Gasteiger partial charge in [-0.3, -0.25) is 82.9 Å². The summed E-state index contributed by atoms with van der Waals surface area (Å²) >= 11 is 0. The maximum atomic E-state index is 13.4. The van der Waals surface area contributed by atoms with Crippen molar-refractivity contribution in [1.29, 1.82) is 0 Å². The van der Waals surface area contributed by atoms with Crippen LogP contribution in [0.4, 0.5) is 28.9 Å². The number of benzene rings is 8. The first kappa shape index (κ1) is 81.4. The van der Waals surface area contributed by atoms with Gasteiger partial charge in [0.2, 0.25) is 0 Å². The van der Waals surface area contributed by atoms with Gasteiger partial charge in [-0.2, -0.15) is 0 Å². The van der Waals surface area contributed by atoms with Gasteiger partial charge in [-0.25, -0.2) is 22.4 Å². The molecule has 13 aromatic rings. The minimum atomic E-state index is -0.740. The van der Waals surface area contributed by atoms with Gasteiger partial charge in [0.1, 0.15) is 74.6 Å². The average molecular weight is 1670 g/mol. The molecule has 123 heavy (non-hydrogen) atoms. The van der Waals surface area contributed by atoms with Crippen LogP contribution in [0.1, 0.15) is 137 Å². The monoisotopic (exact) mass is 1670 g/mol. The topological polar surface area (TPSA) is 355 Å². The molecule has 11 heterocycles. The molecule has 0 saturated carbocycles. The molecule has 5 aromatic heterocycles. The number of carbonyl (C=O) groups is 9. The number of amides is 8. The maximum absolute atomic E-state index is 13.4. The van der Waals surface area contributed by atoms with E-state index in [9.17, 15) is 81.1 Å². The lowest BCUT2D eigenvalue weighted by Gasteiger charge is -2.31. The summed E-state index contributed by atoms with van der Waals surface area (Å²) in [6.07, 6.45) is 10.7. The van der Waals surface area contributed by atoms with Crippen LogP contribution in [-0.4, -0.2) is 171 Å². The molecule has 0 atom stereocenters. The maximum Gasteiger partial charge on any atom is 0.344 e. The lowest BCUT2D eigenvalue weighted by molar-refractivity contribution is -0.145. The van der Waals surface area contributed by atoms with Gasteiger partial charge in [0.15, 0.2) is 29.6 Å². The number of hydrogen-bond donors (Lipinski definition) is 4. The van der Waals surface area contributed by atoms with Gasteiger partial charge in [0.05, 0.1) is 96.4 Å². The number of morpholine rings is 1. The molecule has 0 radical (unpaired) electrons. The Labute approximate surface area is 695 Å². The molecule has 0 bridgehead atoms. The first-order chi connectivity index (χ1) is 59.6. The van der Waals surface area contributed by atoms with Crippen molar-refractivity contribution in [2.45, 2.75) is 59.0 Å². The number of phenolic OH excluding ortho intramolecular Hbond substituents is 4. The van der Waals surface area contributed by atoms with E-state index in [0.29, 0.717) is 87.3 Å². The number of phenols is 4. The number of rotatable bonds is 17. The largest absolute Gasteiger partial charge is 0.505 e. The molecule has 8 amide bonds. The Balaban J connectivity index is 0.000000121. The summed E-state index contributed by atoms with van der Waals surface area (Å²) < 4.78 is 74.8. The van der Waals surface area contributed by atoms with Crippen molar-refractivity contribution in [1.82, 2.24) is 44.5 Å². The SMILES string of the molecule is CCOC(=O)COc1c2c(c(O)c3ncccc13)C(=O)N(Cc1ccc(F)cc1)C2=O.O=C1c2c(c(O)c3ncccc3c2N2CCCCC2)C(=O)N1Cc1ccc(F)cc1.O=C1c2c(c(O)c3ncccc3c2N2CCOCC2)C(=O)N1Cc1ccc(F)cc1.O=C1c2c(c(O)c3ncccc3c2OCc2ccccn2)C(=O)N1Cc1ccc(F)cc1. The standard InChI is InChI=1S/C24H16FN3O4.C23H20FN3O3.C22H18FN3O4.C22H17FN2O6/c25-15-8-6-14(7-9-15)12-28-23(30)18-19(24(28)31)22(32-13-16-4-1-2-10-26-16)17-5-3-11-27-20(17)21(18)29;24-15-8-6-14(7-9-15)13-27-22(29)17-18(23(27)30)21(28)19-16(5-4-10-25-19)20(17)26-11-2-1-3-12-26;23-14-5-3-13(4-6-14)12-26-21(28)16-17(22(26)29)20(27)18-15(2-1-7-24-18)19(16)25-8-10-30-11-9-25;1-2-30-15(26)11-31-20-14-4-3-9-24-18(14)19(27)16-17(20)22(29)25(21(16)28)10-12-5-7-13(23)8-6-12/h1-11,29H,12-13H2;4-10,28H,1-3,11-13H2;1-7,27H,8-12H2;3-9,27H,2,10-11H2,1H3. The molecule has 2 saturated heterocycles. The number of imide groups is 4. The third kappa shape index (κ3) is 15.6. The highest BCUT2D eigenvalue weighted by Gasteiger charge is 2.48. The van der Waals surface area contributed by atoms with Crippen LogP contribution in [0.5, 0.6) is 34.5 Å². The smallest absolute Gasteiger partial charge is 0.344 e. The summed E-state index contributed by atoms with van der Waals surface area (Å²) in [5, 5.41) is 45.2. The number of aromatic hydroxyl groups is 4. The zero-order valence-electron chi connectivity index (χ0n) is 65.3. The van der Waals surface area contributed by atoms with E-state index in [1.165, 1.54) is 104 Å². The molecular weight excluding hydrogens is 1600 g/mol. The number of hydrogen-bond acceptors (Lipinski definition) is 24. The Morgan fingerprint density at radius 1 is 0.366 bits per heavy atom. The number of halogens is 4. The van der Waals surface area contributed by atoms with Crippen molar-refractivity contribution >= 4 is 108 Å². The highest BCUT2D eigenvalue weighted by molar-refractivity contribution is 6.31. The predicted molar refractivity (Wildman–Crippen MR) is 436 cm³/mol. The van der Waals surface area contributed by atoms with Gasteiger partial charge in [-0.05, 0) is 158 Å². The molecule has 620 valence electrons. The van der Waals surface area contributed by atoms with Crippen molar-refractivity contribution in [3.8, 4) is 34.5 Å². The lowest BCUT2D eigenvalue weighted by Crippen LogP contribution is -2.37. The molecular formula is C91H71F4N11O17. The van der Waals surface area contributed by atoms with Crippen LogP contribution in [-0.2, 0) is 47.1 Å². The minimum absolute atomic E-state index is 0.00823. The van der Waals surface area contributed by atoms with Gasteiger partial charge >= 0.3 is 5.97 Å². The second-order valence-corrected chi connectivity index (χ2v) is 29.0. The first-order valence-electron chi connectivity index (χ1n) is 38.9. The Bertz CT molecular complexity index is 6280. The lowest BCUT2D eigenvalue weighted by atomic mass is 9.98. The van der Waals surface area contributed by atoms with Crippen LogP contribution in [0, 0.1) is 23.3 Å². The van der Waals surface area contributed by atoms with Crippen molar-refractivity contribution in [3.05, 3.63) is 291 Å². The quantitative estimate of drug-likeness (QED) is 0.0374. The van der Waals surface area contributed by atoms with Crippen LogP contribution in [0.2, 0.25) is 0 Å². The van der Waals surface area contributed by atoms with Gasteiger partial charge < -0.3 is 49.2 Å². The number of anilines is 2. The average Bonchev–Trinajstić information content (AvgIpc) is 1.61. The fraction of sp³-hybridized carbons (Fsp3) is 0.187. The first-order valence-corrected chi connectivity index (χ1v) is 38.9. The Morgan fingerprint density at radius 3 is 1.04 bits per heavy atom.